The van der Waals surface area contributed by atoms with E-state index in [0.717, 1.165) is 0 Å². The number of carbonyl (C=O) groups is 1. The molecule has 1 aromatic carbocycles. The Balaban J connectivity index is 2.03. The van der Waals surface area contributed by atoms with Crippen LogP contribution in [0.15, 0.2) is 24.3 Å². The van der Waals surface area contributed by atoms with Crippen LogP contribution in [0.1, 0.15) is 38.8 Å². The Labute approximate surface area is 143 Å². The lowest BCUT2D eigenvalue weighted by Crippen LogP contribution is -2.56. The Kier molecular flexibility index (Phi) is 5.16. The highest BCUT2D eigenvalue weighted by atomic mass is 16.6. The van der Waals surface area contributed by atoms with E-state index in [1.54, 1.807) is 36.1 Å². The predicted octanol–water partition coefficient (Wildman–Crippen LogP) is 2.28. The average molecular weight is 331 g/mol. The zero-order valence-corrected chi connectivity index (χ0v) is 14.7. The second-order valence-electron chi connectivity index (χ2n) is 7.17. The maximum atomic E-state index is 12.1. The largest absolute Gasteiger partial charge is 0.444 e. The Morgan fingerprint density at radius 1 is 1.21 bits per heavy atom. The molecule has 1 unspecified atom stereocenters. The van der Waals surface area contributed by atoms with Gasteiger partial charge >= 0.3 is 6.09 Å². The number of amides is 1. The molecule has 24 heavy (non-hydrogen) atoms. The maximum Gasteiger partial charge on any atom is 0.410 e. The van der Waals surface area contributed by atoms with Crippen LogP contribution in [-0.2, 0) is 10.5 Å². The maximum absolute atomic E-state index is 12.1. The van der Waals surface area contributed by atoms with Gasteiger partial charge in [-0.2, -0.15) is 5.26 Å². The summed E-state index contributed by atoms with van der Waals surface area (Å²) in [5, 5.41) is 19.9. The van der Waals surface area contributed by atoms with Crippen molar-refractivity contribution in [2.75, 3.05) is 26.2 Å². The molecule has 1 heterocycles. The molecule has 1 fully saturated rings. The van der Waals surface area contributed by atoms with Crippen molar-refractivity contribution in [2.24, 2.45) is 0 Å². The van der Waals surface area contributed by atoms with Crippen molar-refractivity contribution in [1.82, 2.24) is 9.80 Å². The van der Waals surface area contributed by atoms with Crippen molar-refractivity contribution in [2.45, 2.75) is 39.0 Å². The van der Waals surface area contributed by atoms with Crippen molar-refractivity contribution in [3.05, 3.63) is 35.4 Å². The van der Waals surface area contributed by atoms with Gasteiger partial charge in [-0.3, -0.25) is 4.90 Å². The summed E-state index contributed by atoms with van der Waals surface area (Å²) in [5.74, 6) is 0. The van der Waals surface area contributed by atoms with Crippen LogP contribution in [0.25, 0.3) is 0 Å². The van der Waals surface area contributed by atoms with E-state index in [0.29, 0.717) is 37.3 Å². The third-order valence-corrected chi connectivity index (χ3v) is 4.09. The van der Waals surface area contributed by atoms with Crippen LogP contribution in [0.5, 0.6) is 0 Å². The molecule has 6 nitrogen and oxygen atoms in total. The zero-order valence-electron chi connectivity index (χ0n) is 14.7. The average Bonchev–Trinajstić information content (AvgIpc) is 2.53. The summed E-state index contributed by atoms with van der Waals surface area (Å²) in [6, 6.07) is 9.06. The molecule has 0 spiro atoms. The van der Waals surface area contributed by atoms with Gasteiger partial charge in [0.1, 0.15) is 11.3 Å². The summed E-state index contributed by atoms with van der Waals surface area (Å²) in [6.45, 7) is 9.28. The molecule has 2 rings (SSSR count). The van der Waals surface area contributed by atoms with E-state index >= 15 is 0 Å². The standard InChI is InChI=1S/C18H25N3O3/c1-17(2,3)24-16(22)20-8-10-21(11-9-20)18(4,23)15-7-5-6-14(12-15)13-19/h5-7,12,23H,8-11H2,1-4H3. The van der Waals surface area contributed by atoms with E-state index in [1.165, 1.54) is 0 Å². The number of nitrogens with zero attached hydrogens (tertiary/aromatic N) is 3. The van der Waals surface area contributed by atoms with Crippen LogP contribution in [0.3, 0.4) is 0 Å². The normalized spacial score (nSPS) is 18.6. The molecule has 0 bridgehead atoms. The minimum absolute atomic E-state index is 0.326. The number of carbonyl (C=O) groups excluding carboxylic acids is 1. The SMILES string of the molecule is CC(C)(C)OC(=O)N1CCN(C(C)(O)c2cccc(C#N)c2)CC1. The first-order valence-electron chi connectivity index (χ1n) is 8.09. The first-order valence-corrected chi connectivity index (χ1v) is 8.09. The molecule has 1 aromatic rings. The van der Waals surface area contributed by atoms with Gasteiger partial charge in [0.05, 0.1) is 11.6 Å². The fourth-order valence-corrected chi connectivity index (χ4v) is 2.72. The van der Waals surface area contributed by atoms with Crippen molar-refractivity contribution in [3.8, 4) is 6.07 Å². The van der Waals surface area contributed by atoms with Crippen LogP contribution < -0.4 is 0 Å². The highest BCUT2D eigenvalue weighted by molar-refractivity contribution is 5.68. The molecule has 1 N–H and O–H groups in total. The minimum atomic E-state index is -1.19. The molecule has 0 saturated carbocycles. The van der Waals surface area contributed by atoms with Gasteiger partial charge in [-0.05, 0) is 45.4 Å². The van der Waals surface area contributed by atoms with Gasteiger partial charge in [-0.25, -0.2) is 4.79 Å². The van der Waals surface area contributed by atoms with E-state index in [-0.39, 0.29) is 6.09 Å². The molecule has 1 saturated heterocycles. The Hall–Kier alpha value is -2.10. The van der Waals surface area contributed by atoms with Crippen LogP contribution in [0.4, 0.5) is 4.79 Å². The van der Waals surface area contributed by atoms with Crippen molar-refractivity contribution in [1.29, 1.82) is 5.26 Å². The molecule has 1 atom stereocenters. The third kappa shape index (κ3) is 4.25. The first-order chi connectivity index (χ1) is 11.1. The van der Waals surface area contributed by atoms with Gasteiger partial charge in [0.15, 0.2) is 0 Å². The summed E-state index contributed by atoms with van der Waals surface area (Å²) in [6.07, 6.45) is -0.326. The number of nitriles is 1. The summed E-state index contributed by atoms with van der Waals surface area (Å²) in [5.41, 5.74) is -0.517. The molecule has 0 aliphatic carbocycles. The summed E-state index contributed by atoms with van der Waals surface area (Å²) >= 11 is 0. The second kappa shape index (κ2) is 6.80. The Morgan fingerprint density at radius 2 is 1.83 bits per heavy atom. The highest BCUT2D eigenvalue weighted by Crippen LogP contribution is 2.27. The van der Waals surface area contributed by atoms with E-state index < -0.39 is 11.3 Å². The number of ether oxygens (including phenoxy) is 1. The molecular formula is C18H25N3O3. The van der Waals surface area contributed by atoms with Gasteiger partial charge in [0, 0.05) is 26.2 Å². The van der Waals surface area contributed by atoms with Crippen molar-refractivity contribution < 1.29 is 14.6 Å². The molecule has 1 amide bonds. The Morgan fingerprint density at radius 3 is 2.38 bits per heavy atom. The van der Waals surface area contributed by atoms with Crippen LogP contribution in [-0.4, -0.2) is 52.8 Å². The number of aliphatic hydroxyl groups is 1. The molecule has 1 aliphatic rings. The molecule has 0 aromatic heterocycles. The second-order valence-corrected chi connectivity index (χ2v) is 7.17. The molecular weight excluding hydrogens is 306 g/mol. The summed E-state index contributed by atoms with van der Waals surface area (Å²) < 4.78 is 5.38. The predicted molar refractivity (Wildman–Crippen MR) is 90.1 cm³/mol. The van der Waals surface area contributed by atoms with Gasteiger partial charge < -0.3 is 14.7 Å². The monoisotopic (exact) mass is 331 g/mol. The van der Waals surface area contributed by atoms with Gasteiger partial charge in [-0.1, -0.05) is 12.1 Å². The highest BCUT2D eigenvalue weighted by Gasteiger charge is 2.35. The topological polar surface area (TPSA) is 76.8 Å². The summed E-state index contributed by atoms with van der Waals surface area (Å²) in [7, 11) is 0. The lowest BCUT2D eigenvalue weighted by molar-refractivity contribution is -0.117. The molecule has 1 aliphatic heterocycles. The van der Waals surface area contributed by atoms with Gasteiger partial charge in [0.25, 0.3) is 0 Å². The lowest BCUT2D eigenvalue weighted by atomic mass is 10.00. The van der Waals surface area contributed by atoms with Gasteiger partial charge in [0.2, 0.25) is 0 Å². The van der Waals surface area contributed by atoms with Crippen LogP contribution in [0.2, 0.25) is 0 Å². The number of hydrogen-bond acceptors (Lipinski definition) is 5. The fraction of sp³-hybridized carbons (Fsp3) is 0.556. The van der Waals surface area contributed by atoms with E-state index in [2.05, 4.69) is 6.07 Å². The number of hydrogen-bond donors (Lipinski definition) is 1. The van der Waals surface area contributed by atoms with E-state index in [1.807, 2.05) is 25.7 Å². The fourth-order valence-electron chi connectivity index (χ4n) is 2.72. The van der Waals surface area contributed by atoms with Gasteiger partial charge in [-0.15, -0.1) is 0 Å². The van der Waals surface area contributed by atoms with E-state index in [4.69, 9.17) is 10.00 Å². The Bertz CT molecular complexity index is 636. The minimum Gasteiger partial charge on any atom is -0.444 e. The first kappa shape index (κ1) is 18.2. The van der Waals surface area contributed by atoms with Crippen molar-refractivity contribution in [3.63, 3.8) is 0 Å². The van der Waals surface area contributed by atoms with Crippen LogP contribution >= 0.6 is 0 Å². The van der Waals surface area contributed by atoms with Crippen LogP contribution in [0, 0.1) is 11.3 Å². The quantitative estimate of drug-likeness (QED) is 0.899. The molecule has 0 radical (unpaired) electrons. The number of rotatable bonds is 2. The lowest BCUT2D eigenvalue weighted by Gasteiger charge is -2.43. The molecule has 6 heteroatoms. The number of benzene rings is 1. The number of piperazine rings is 1. The van der Waals surface area contributed by atoms with E-state index in [9.17, 15) is 9.90 Å². The smallest absolute Gasteiger partial charge is 0.410 e. The summed E-state index contributed by atoms with van der Waals surface area (Å²) in [4.78, 5) is 15.7. The molecule has 130 valence electrons. The third-order valence-electron chi connectivity index (χ3n) is 4.09. The van der Waals surface area contributed by atoms with Crippen molar-refractivity contribution >= 4 is 6.09 Å². The zero-order chi connectivity index (χ0) is 18.0.